The van der Waals surface area contributed by atoms with Gasteiger partial charge in [-0.25, -0.2) is 14.8 Å². The highest BCUT2D eigenvalue weighted by Gasteiger charge is 2.50. The third-order valence-corrected chi connectivity index (χ3v) is 6.24. The Labute approximate surface area is 191 Å². The zero-order valence-electron chi connectivity index (χ0n) is 19.8. The van der Waals surface area contributed by atoms with Crippen LogP contribution in [-0.4, -0.2) is 76.6 Å². The molecule has 0 aromatic heterocycles. The van der Waals surface area contributed by atoms with Crippen molar-refractivity contribution in [2.75, 3.05) is 26.7 Å². The lowest BCUT2D eigenvalue weighted by atomic mass is 10.00. The molecular formula is C24H37N5O3. The van der Waals surface area contributed by atoms with E-state index < -0.39 is 12.2 Å². The topological polar surface area (TPSA) is 76.2 Å². The van der Waals surface area contributed by atoms with Crippen molar-refractivity contribution in [3.05, 3.63) is 35.9 Å². The van der Waals surface area contributed by atoms with Gasteiger partial charge in [-0.05, 0) is 24.3 Å². The largest absolute Gasteiger partial charge is 0.337 e. The van der Waals surface area contributed by atoms with Crippen LogP contribution in [0.4, 0.5) is 4.79 Å². The van der Waals surface area contributed by atoms with E-state index in [2.05, 4.69) is 26.1 Å². The van der Waals surface area contributed by atoms with Crippen molar-refractivity contribution in [3.63, 3.8) is 0 Å². The van der Waals surface area contributed by atoms with Gasteiger partial charge in [0, 0.05) is 20.1 Å². The van der Waals surface area contributed by atoms with Crippen LogP contribution in [0.3, 0.4) is 0 Å². The molecule has 2 fully saturated rings. The Hall–Kier alpha value is -2.61. The van der Waals surface area contributed by atoms with Crippen LogP contribution >= 0.6 is 0 Å². The summed E-state index contributed by atoms with van der Waals surface area (Å²) >= 11 is 0. The lowest BCUT2D eigenvalue weighted by Crippen LogP contribution is -2.76. The van der Waals surface area contributed by atoms with Crippen LogP contribution in [0.1, 0.15) is 52.0 Å². The molecule has 0 bridgehead atoms. The van der Waals surface area contributed by atoms with Gasteiger partial charge in [0.1, 0.15) is 12.2 Å². The minimum atomic E-state index is -0.508. The Balaban J connectivity index is 1.83. The Morgan fingerprint density at radius 1 is 1.19 bits per heavy atom. The van der Waals surface area contributed by atoms with Crippen molar-refractivity contribution in [3.8, 4) is 0 Å². The molecule has 8 nitrogen and oxygen atoms in total. The summed E-state index contributed by atoms with van der Waals surface area (Å²) < 4.78 is 0. The SMILES string of the molecule is CCCC[C@H]1C(=O)N(CCC(C)C)C[C@H]2N1C(=O)CN(C)N2C(=O)NCc1ccccc1. The van der Waals surface area contributed by atoms with E-state index >= 15 is 0 Å². The van der Waals surface area contributed by atoms with Crippen molar-refractivity contribution in [1.82, 2.24) is 25.1 Å². The molecule has 2 heterocycles. The lowest BCUT2D eigenvalue weighted by Gasteiger charge is -2.54. The van der Waals surface area contributed by atoms with Gasteiger partial charge in [0.2, 0.25) is 11.8 Å². The molecular weight excluding hydrogens is 406 g/mol. The van der Waals surface area contributed by atoms with Crippen LogP contribution < -0.4 is 5.32 Å². The van der Waals surface area contributed by atoms with E-state index in [1.165, 1.54) is 0 Å². The molecule has 0 saturated carbocycles. The summed E-state index contributed by atoms with van der Waals surface area (Å²) in [5.74, 6) is 0.385. The molecule has 0 radical (unpaired) electrons. The van der Waals surface area contributed by atoms with Crippen LogP contribution in [0.2, 0.25) is 0 Å². The number of likely N-dealkylation sites (N-methyl/N-ethyl adjacent to an activating group) is 1. The number of unbranched alkanes of at least 4 members (excludes halogenated alkanes) is 1. The highest BCUT2D eigenvalue weighted by Crippen LogP contribution is 2.28. The molecule has 0 aliphatic carbocycles. The first-order chi connectivity index (χ1) is 15.3. The molecule has 1 aromatic rings. The summed E-state index contributed by atoms with van der Waals surface area (Å²) in [6.45, 7) is 7.81. The molecule has 0 spiro atoms. The highest BCUT2D eigenvalue weighted by atomic mass is 16.2. The average molecular weight is 444 g/mol. The number of hydrazine groups is 1. The zero-order valence-corrected chi connectivity index (χ0v) is 19.8. The van der Waals surface area contributed by atoms with Gasteiger partial charge < -0.3 is 15.1 Å². The maximum atomic E-state index is 13.3. The molecule has 2 atom stereocenters. The van der Waals surface area contributed by atoms with Crippen molar-refractivity contribution < 1.29 is 14.4 Å². The van der Waals surface area contributed by atoms with Gasteiger partial charge in [-0.3, -0.25) is 9.59 Å². The van der Waals surface area contributed by atoms with Crippen molar-refractivity contribution in [2.45, 2.75) is 65.2 Å². The van der Waals surface area contributed by atoms with E-state index in [0.29, 0.717) is 32.0 Å². The molecule has 1 aromatic carbocycles. The van der Waals surface area contributed by atoms with Crippen molar-refractivity contribution in [1.29, 1.82) is 0 Å². The number of piperazine rings is 1. The van der Waals surface area contributed by atoms with Gasteiger partial charge in [0.05, 0.1) is 13.1 Å². The van der Waals surface area contributed by atoms with Crippen molar-refractivity contribution >= 4 is 17.8 Å². The third kappa shape index (κ3) is 5.41. The second kappa shape index (κ2) is 10.8. The molecule has 4 amide bonds. The van der Waals surface area contributed by atoms with E-state index in [-0.39, 0.29) is 24.4 Å². The fraction of sp³-hybridized carbons (Fsp3) is 0.625. The van der Waals surface area contributed by atoms with Gasteiger partial charge in [0.15, 0.2) is 0 Å². The quantitative estimate of drug-likeness (QED) is 0.670. The number of carbonyl (C=O) groups is 3. The van der Waals surface area contributed by atoms with E-state index in [1.54, 1.807) is 22.0 Å². The summed E-state index contributed by atoms with van der Waals surface area (Å²) in [5.41, 5.74) is 1.01. The Morgan fingerprint density at radius 2 is 1.91 bits per heavy atom. The van der Waals surface area contributed by atoms with Crippen LogP contribution in [0, 0.1) is 5.92 Å². The monoisotopic (exact) mass is 443 g/mol. The highest BCUT2D eigenvalue weighted by molar-refractivity contribution is 5.91. The molecule has 32 heavy (non-hydrogen) atoms. The Bertz CT molecular complexity index is 800. The predicted octanol–water partition coefficient (Wildman–Crippen LogP) is 2.66. The van der Waals surface area contributed by atoms with Gasteiger partial charge >= 0.3 is 6.03 Å². The number of benzene rings is 1. The number of fused-ring (bicyclic) bond motifs is 1. The number of carbonyl (C=O) groups excluding carboxylic acids is 3. The smallest absolute Gasteiger partial charge is 0.334 e. The second-order valence-corrected chi connectivity index (χ2v) is 9.21. The molecule has 8 heteroatoms. The minimum Gasteiger partial charge on any atom is -0.337 e. The fourth-order valence-electron chi connectivity index (χ4n) is 4.45. The maximum absolute atomic E-state index is 13.3. The number of nitrogens with one attached hydrogen (secondary N) is 1. The molecule has 2 saturated heterocycles. The van der Waals surface area contributed by atoms with Gasteiger partial charge in [-0.15, -0.1) is 0 Å². The van der Waals surface area contributed by atoms with Gasteiger partial charge in [0.25, 0.3) is 0 Å². The standard InChI is InChI=1S/C24H37N5O3/c1-5-6-12-20-23(31)27(14-13-18(2)3)16-21-28(20)22(30)17-26(4)29(21)24(32)25-15-19-10-8-7-9-11-19/h7-11,18,20-21H,5-6,12-17H2,1-4H3,(H,25,32)/t20-,21-/m0/s1. The second-order valence-electron chi connectivity index (χ2n) is 9.21. The maximum Gasteiger partial charge on any atom is 0.334 e. The molecule has 3 rings (SSSR count). The molecule has 2 aliphatic rings. The predicted molar refractivity (Wildman–Crippen MR) is 123 cm³/mol. The molecule has 0 unspecified atom stereocenters. The van der Waals surface area contributed by atoms with E-state index in [9.17, 15) is 14.4 Å². The van der Waals surface area contributed by atoms with Crippen LogP contribution in [0.15, 0.2) is 30.3 Å². The Kier molecular flexibility index (Phi) is 8.12. The minimum absolute atomic E-state index is 0.0119. The number of amides is 4. The summed E-state index contributed by atoms with van der Waals surface area (Å²) in [5, 5.41) is 6.29. The van der Waals surface area contributed by atoms with E-state index in [4.69, 9.17) is 0 Å². The number of rotatable bonds is 8. The fourth-order valence-corrected chi connectivity index (χ4v) is 4.45. The summed E-state index contributed by atoms with van der Waals surface area (Å²) in [6, 6.07) is 8.97. The summed E-state index contributed by atoms with van der Waals surface area (Å²) in [7, 11) is 1.76. The van der Waals surface area contributed by atoms with Crippen LogP contribution in [-0.2, 0) is 16.1 Å². The van der Waals surface area contributed by atoms with Crippen molar-refractivity contribution in [2.24, 2.45) is 5.92 Å². The number of hydrogen-bond donors (Lipinski definition) is 1. The molecule has 176 valence electrons. The van der Waals surface area contributed by atoms with Crippen LogP contribution in [0.25, 0.3) is 0 Å². The zero-order chi connectivity index (χ0) is 23.3. The first kappa shape index (κ1) is 24.0. The number of nitrogens with zero attached hydrogens (tertiary/aromatic N) is 4. The van der Waals surface area contributed by atoms with Gasteiger partial charge in [-0.1, -0.05) is 63.9 Å². The number of hydrogen-bond acceptors (Lipinski definition) is 4. The third-order valence-electron chi connectivity index (χ3n) is 6.24. The van der Waals surface area contributed by atoms with Gasteiger partial charge in [-0.2, -0.15) is 0 Å². The van der Waals surface area contributed by atoms with E-state index in [1.807, 2.05) is 35.2 Å². The lowest BCUT2D eigenvalue weighted by molar-refractivity contribution is -0.187. The first-order valence-corrected chi connectivity index (χ1v) is 11.8. The summed E-state index contributed by atoms with van der Waals surface area (Å²) in [4.78, 5) is 43.1. The summed E-state index contributed by atoms with van der Waals surface area (Å²) in [6.07, 6.45) is 2.83. The Morgan fingerprint density at radius 3 is 2.56 bits per heavy atom. The molecule has 2 aliphatic heterocycles. The van der Waals surface area contributed by atoms with E-state index in [0.717, 1.165) is 24.8 Å². The molecule has 1 N–H and O–H groups in total. The first-order valence-electron chi connectivity index (χ1n) is 11.8. The average Bonchev–Trinajstić information content (AvgIpc) is 2.76. The normalized spacial score (nSPS) is 21.8. The van der Waals surface area contributed by atoms with Crippen LogP contribution in [0.5, 0.6) is 0 Å². The number of urea groups is 1.